The van der Waals surface area contributed by atoms with Gasteiger partial charge in [0, 0.05) is 12.0 Å². The molecule has 124 valence electrons. The third-order valence-corrected chi connectivity index (χ3v) is 4.52. The Morgan fingerprint density at radius 3 is 2.18 bits per heavy atom. The minimum atomic E-state index is -6.09. The molecule has 1 aromatic rings. The highest BCUT2D eigenvalue weighted by atomic mass is 32.2. The number of aliphatic hydroxyl groups excluding tert-OH is 1. The Hall–Kier alpha value is -1.16. The van der Waals surface area contributed by atoms with Crippen LogP contribution in [-0.2, 0) is 16.7 Å². The average molecular weight is 339 g/mol. The van der Waals surface area contributed by atoms with Gasteiger partial charge < -0.3 is 14.1 Å². The molecule has 2 fully saturated rings. The molecule has 2 aliphatic rings. The lowest BCUT2D eigenvalue weighted by Crippen LogP contribution is -2.29. The molecule has 1 aromatic carbocycles. The Kier molecular flexibility index (Phi) is 4.54. The smallest absolute Gasteiger partial charge is 0.485 e. The monoisotopic (exact) mass is 339 g/mol. The number of quaternary nitrogens is 1. The molecule has 0 aromatic heterocycles. The van der Waals surface area contributed by atoms with Crippen LogP contribution >= 0.6 is 0 Å². The van der Waals surface area contributed by atoms with Crippen LogP contribution in [-0.4, -0.2) is 53.3 Å². The number of halogens is 3. The van der Waals surface area contributed by atoms with Crippen LogP contribution in [0.4, 0.5) is 13.2 Å². The molecule has 0 spiro atoms. The predicted molar refractivity (Wildman–Crippen MR) is 70.3 cm³/mol. The van der Waals surface area contributed by atoms with Gasteiger partial charge in [-0.05, 0) is 0 Å². The first kappa shape index (κ1) is 17.2. The number of rotatable bonds is 2. The molecule has 2 aliphatic heterocycles. The lowest BCUT2D eigenvalue weighted by molar-refractivity contribution is -0.819. The maximum Gasteiger partial charge on any atom is 0.485 e. The summed E-state index contributed by atoms with van der Waals surface area (Å²) in [7, 11) is -6.09. The molecule has 0 bridgehead atoms. The van der Waals surface area contributed by atoms with Crippen LogP contribution in [0.25, 0.3) is 0 Å². The maximum atomic E-state index is 10.7. The molecule has 0 radical (unpaired) electrons. The largest absolute Gasteiger partial charge is 0.741 e. The number of alkyl halides is 3. The van der Waals surface area contributed by atoms with E-state index in [1.807, 2.05) is 0 Å². The normalized spacial score (nSPS) is 30.2. The van der Waals surface area contributed by atoms with Gasteiger partial charge >= 0.3 is 5.51 Å². The Balaban J connectivity index is 0.000000192. The molecule has 0 saturated carbocycles. The summed E-state index contributed by atoms with van der Waals surface area (Å²) in [5, 5.41) is 9.56. The van der Waals surface area contributed by atoms with E-state index in [0.717, 1.165) is 30.0 Å². The van der Waals surface area contributed by atoms with E-state index in [-0.39, 0.29) is 6.10 Å². The number of hydrogen-bond donors (Lipinski definition) is 1. The highest BCUT2D eigenvalue weighted by Gasteiger charge is 2.61. The highest BCUT2D eigenvalue weighted by molar-refractivity contribution is 7.86. The molecule has 0 aliphatic carbocycles. The molecular weight excluding hydrogens is 323 g/mol. The summed E-state index contributed by atoms with van der Waals surface area (Å²) in [5.74, 6) is 0. The molecule has 9 heteroatoms. The minimum absolute atomic E-state index is 0.0440. The van der Waals surface area contributed by atoms with Crippen molar-refractivity contribution in [3.05, 3.63) is 35.9 Å². The van der Waals surface area contributed by atoms with Gasteiger partial charge in [0.05, 0.1) is 0 Å². The average Bonchev–Trinajstić information content (AvgIpc) is 2.90. The Morgan fingerprint density at radius 1 is 1.23 bits per heavy atom. The lowest BCUT2D eigenvalue weighted by atomic mass is 10.2. The maximum absolute atomic E-state index is 10.7. The quantitative estimate of drug-likeness (QED) is 0.380. The summed E-state index contributed by atoms with van der Waals surface area (Å²) >= 11 is 0. The van der Waals surface area contributed by atoms with Crippen molar-refractivity contribution in [2.24, 2.45) is 0 Å². The van der Waals surface area contributed by atoms with E-state index in [1.54, 1.807) is 0 Å². The standard InChI is InChI=1S/C12H16NO.CHF3O3S/c14-12-6-11-8-13(11,9-12)7-10-4-2-1-3-5-10;2-1(3,4)8(5,6)7/h1-5,11-12,14H,6-9H2;(H,5,6,7)/q+1;/p-1/t11-,12-,13?;/m1./s1. The van der Waals surface area contributed by atoms with Crippen molar-refractivity contribution in [1.82, 2.24) is 0 Å². The molecule has 2 heterocycles. The van der Waals surface area contributed by atoms with Crippen LogP contribution in [0, 0.1) is 0 Å². The molecule has 5 nitrogen and oxygen atoms in total. The van der Waals surface area contributed by atoms with Gasteiger partial charge in [0.1, 0.15) is 31.8 Å². The van der Waals surface area contributed by atoms with Crippen LogP contribution in [0.15, 0.2) is 30.3 Å². The number of piperidine rings is 1. The van der Waals surface area contributed by atoms with Crippen LogP contribution in [0.1, 0.15) is 12.0 Å². The van der Waals surface area contributed by atoms with Gasteiger partial charge in [-0.15, -0.1) is 0 Å². The number of aliphatic hydroxyl groups is 1. The van der Waals surface area contributed by atoms with E-state index < -0.39 is 15.6 Å². The van der Waals surface area contributed by atoms with Gasteiger partial charge in [-0.25, -0.2) is 8.42 Å². The molecule has 3 rings (SSSR count). The predicted octanol–water partition coefficient (Wildman–Crippen LogP) is 1.20. The fourth-order valence-electron chi connectivity index (χ4n) is 2.91. The summed E-state index contributed by atoms with van der Waals surface area (Å²) in [4.78, 5) is 0. The summed E-state index contributed by atoms with van der Waals surface area (Å²) in [5.41, 5.74) is -4.24. The number of hydrogen-bond acceptors (Lipinski definition) is 4. The van der Waals surface area contributed by atoms with Crippen molar-refractivity contribution < 1.29 is 35.7 Å². The first-order valence-corrected chi connectivity index (χ1v) is 8.04. The van der Waals surface area contributed by atoms with Crippen LogP contribution in [0.2, 0.25) is 0 Å². The highest BCUT2D eigenvalue weighted by Crippen LogP contribution is 2.42. The minimum Gasteiger partial charge on any atom is -0.741 e. The summed E-state index contributed by atoms with van der Waals surface area (Å²) in [6, 6.07) is 11.4. The van der Waals surface area contributed by atoms with E-state index in [4.69, 9.17) is 13.0 Å². The molecule has 22 heavy (non-hydrogen) atoms. The summed E-state index contributed by atoms with van der Waals surface area (Å²) in [6.45, 7) is 3.37. The first-order valence-electron chi connectivity index (χ1n) is 6.63. The van der Waals surface area contributed by atoms with Crippen molar-refractivity contribution in [2.45, 2.75) is 30.6 Å². The van der Waals surface area contributed by atoms with E-state index in [2.05, 4.69) is 30.3 Å². The van der Waals surface area contributed by atoms with Crippen LogP contribution in [0.3, 0.4) is 0 Å². The Labute approximate surface area is 126 Å². The fraction of sp³-hybridized carbons (Fsp3) is 0.538. The van der Waals surface area contributed by atoms with Gasteiger partial charge in [-0.1, -0.05) is 30.3 Å². The summed E-state index contributed by atoms with van der Waals surface area (Å²) in [6.07, 6.45) is 0.977. The summed E-state index contributed by atoms with van der Waals surface area (Å²) < 4.78 is 60.0. The topological polar surface area (TPSA) is 77.4 Å². The van der Waals surface area contributed by atoms with Crippen molar-refractivity contribution >= 4 is 10.1 Å². The van der Waals surface area contributed by atoms with E-state index in [1.165, 1.54) is 12.1 Å². The second-order valence-corrected chi connectivity index (χ2v) is 7.04. The number of fused-ring (bicyclic) bond motifs is 1. The first-order chi connectivity index (χ1) is 10.0. The van der Waals surface area contributed by atoms with E-state index in [9.17, 15) is 18.3 Å². The molecule has 1 unspecified atom stereocenters. The number of nitrogens with zero attached hydrogens (tertiary/aromatic N) is 1. The van der Waals surface area contributed by atoms with E-state index in [0.29, 0.717) is 0 Å². The Bertz CT molecular complexity index is 620. The second-order valence-electron chi connectivity index (χ2n) is 5.67. The molecule has 2 saturated heterocycles. The van der Waals surface area contributed by atoms with Gasteiger partial charge in [-0.3, -0.25) is 0 Å². The number of benzene rings is 1. The fourth-order valence-corrected chi connectivity index (χ4v) is 2.91. The van der Waals surface area contributed by atoms with Crippen molar-refractivity contribution in [3.63, 3.8) is 0 Å². The van der Waals surface area contributed by atoms with Crippen LogP contribution in [0.5, 0.6) is 0 Å². The van der Waals surface area contributed by atoms with Crippen molar-refractivity contribution in [3.8, 4) is 0 Å². The van der Waals surface area contributed by atoms with Gasteiger partial charge in [0.25, 0.3) is 0 Å². The van der Waals surface area contributed by atoms with Crippen LogP contribution < -0.4 is 0 Å². The second kappa shape index (κ2) is 5.80. The third-order valence-electron chi connectivity index (χ3n) is 3.96. The zero-order valence-corrected chi connectivity index (χ0v) is 12.3. The molecule has 3 atom stereocenters. The zero-order chi connectivity index (χ0) is 16.6. The Morgan fingerprint density at radius 2 is 1.77 bits per heavy atom. The van der Waals surface area contributed by atoms with Gasteiger partial charge in [0.15, 0.2) is 10.1 Å². The zero-order valence-electron chi connectivity index (χ0n) is 11.5. The van der Waals surface area contributed by atoms with E-state index >= 15 is 0 Å². The molecule has 1 N–H and O–H groups in total. The van der Waals surface area contributed by atoms with Crippen molar-refractivity contribution in [2.75, 3.05) is 13.1 Å². The third kappa shape index (κ3) is 3.97. The van der Waals surface area contributed by atoms with Crippen molar-refractivity contribution in [1.29, 1.82) is 0 Å². The SMILES string of the molecule is O=S(=O)([O-])C(F)(F)F.O[C@@H]1C[C@@H]2C[N+]2(Cc2ccccc2)C1. The molecule has 0 amide bonds. The lowest BCUT2D eigenvalue weighted by Gasteiger charge is -2.16. The van der Waals surface area contributed by atoms with Gasteiger partial charge in [0.2, 0.25) is 0 Å². The van der Waals surface area contributed by atoms with Gasteiger partial charge in [-0.2, -0.15) is 13.2 Å². The molecular formula is C13H16F3NO4S.